The quantitative estimate of drug-likeness (QED) is 0.683. The van der Waals surface area contributed by atoms with E-state index in [2.05, 4.69) is 15.5 Å². The van der Waals surface area contributed by atoms with Crippen LogP contribution in [0.3, 0.4) is 0 Å². The van der Waals surface area contributed by atoms with Crippen LogP contribution in [0.5, 0.6) is 0 Å². The highest BCUT2D eigenvalue weighted by Crippen LogP contribution is 2.11. The molecule has 1 aliphatic heterocycles. The molecule has 2 rings (SSSR count). The van der Waals surface area contributed by atoms with Crippen LogP contribution < -0.4 is 11.1 Å². The molecule has 1 saturated heterocycles. The summed E-state index contributed by atoms with van der Waals surface area (Å²) in [5.74, 6) is 0.508. The van der Waals surface area contributed by atoms with E-state index in [1.807, 2.05) is 0 Å². The summed E-state index contributed by atoms with van der Waals surface area (Å²) in [6.45, 7) is 2.74. The van der Waals surface area contributed by atoms with Crippen LogP contribution in [0.25, 0.3) is 0 Å². The van der Waals surface area contributed by atoms with Crippen molar-refractivity contribution in [3.8, 4) is 0 Å². The summed E-state index contributed by atoms with van der Waals surface area (Å²) >= 11 is 0. The van der Waals surface area contributed by atoms with Crippen molar-refractivity contribution in [3.05, 3.63) is 11.7 Å². The molecule has 1 amide bonds. The van der Waals surface area contributed by atoms with Gasteiger partial charge in [0.2, 0.25) is 11.8 Å². The second kappa shape index (κ2) is 4.58. The summed E-state index contributed by atoms with van der Waals surface area (Å²) in [6.07, 6.45) is 0. The van der Waals surface area contributed by atoms with Gasteiger partial charge in [-0.25, -0.2) is 0 Å². The zero-order chi connectivity index (χ0) is 11.5. The van der Waals surface area contributed by atoms with Gasteiger partial charge in [-0.3, -0.25) is 4.79 Å². The molecule has 3 N–H and O–H groups in total. The standard InChI is InChI=1S/C9H14N4O3/c1-5-12-8(16-13-5)2-11-9(14)6-3-15-4-7(6)10/h6-7H,2-4,10H2,1H3,(H,11,14). The first-order valence-electron chi connectivity index (χ1n) is 5.07. The van der Waals surface area contributed by atoms with E-state index in [1.165, 1.54) is 0 Å². The Morgan fingerprint density at radius 3 is 3.00 bits per heavy atom. The third-order valence-corrected chi connectivity index (χ3v) is 2.44. The van der Waals surface area contributed by atoms with Crippen LogP contribution in [-0.4, -0.2) is 35.3 Å². The van der Waals surface area contributed by atoms with Crippen molar-refractivity contribution in [1.82, 2.24) is 15.5 Å². The van der Waals surface area contributed by atoms with Gasteiger partial charge >= 0.3 is 0 Å². The third kappa shape index (κ3) is 2.37. The minimum Gasteiger partial charge on any atom is -0.379 e. The Morgan fingerprint density at radius 1 is 1.62 bits per heavy atom. The molecule has 16 heavy (non-hydrogen) atoms. The topological polar surface area (TPSA) is 103 Å². The summed E-state index contributed by atoms with van der Waals surface area (Å²) in [7, 11) is 0. The van der Waals surface area contributed by atoms with E-state index in [0.29, 0.717) is 24.9 Å². The number of hydrogen-bond donors (Lipinski definition) is 2. The Balaban J connectivity index is 1.83. The Hall–Kier alpha value is -1.47. The summed E-state index contributed by atoms with van der Waals surface area (Å²) < 4.78 is 9.98. The molecule has 0 aliphatic carbocycles. The van der Waals surface area contributed by atoms with Crippen molar-refractivity contribution < 1.29 is 14.1 Å². The van der Waals surface area contributed by atoms with Gasteiger partial charge in [-0.05, 0) is 6.92 Å². The number of carbonyl (C=O) groups excluding carboxylic acids is 1. The number of aryl methyl sites for hydroxylation is 1. The number of carbonyl (C=O) groups is 1. The molecular formula is C9H14N4O3. The Labute approximate surface area is 92.3 Å². The van der Waals surface area contributed by atoms with Crippen molar-refractivity contribution in [3.63, 3.8) is 0 Å². The van der Waals surface area contributed by atoms with Crippen LogP contribution in [0.4, 0.5) is 0 Å². The summed E-state index contributed by atoms with van der Waals surface area (Å²) in [5, 5.41) is 6.31. The lowest BCUT2D eigenvalue weighted by Crippen LogP contribution is -2.40. The van der Waals surface area contributed by atoms with Gasteiger partial charge < -0.3 is 20.3 Å². The molecule has 1 aromatic heterocycles. The van der Waals surface area contributed by atoms with E-state index in [9.17, 15) is 4.79 Å². The average Bonchev–Trinajstić information content (AvgIpc) is 2.84. The predicted molar refractivity (Wildman–Crippen MR) is 53.2 cm³/mol. The van der Waals surface area contributed by atoms with Gasteiger partial charge in [0.15, 0.2) is 5.82 Å². The Bertz CT molecular complexity index is 379. The number of nitrogens with one attached hydrogen (secondary N) is 1. The van der Waals surface area contributed by atoms with Crippen molar-refractivity contribution in [1.29, 1.82) is 0 Å². The van der Waals surface area contributed by atoms with Gasteiger partial charge in [-0.2, -0.15) is 4.98 Å². The first-order valence-corrected chi connectivity index (χ1v) is 5.07. The molecule has 1 aliphatic rings. The second-order valence-electron chi connectivity index (χ2n) is 3.76. The number of nitrogens with zero attached hydrogens (tertiary/aromatic N) is 2. The molecule has 1 fully saturated rings. The fourth-order valence-electron chi connectivity index (χ4n) is 1.55. The molecule has 0 spiro atoms. The molecular weight excluding hydrogens is 212 g/mol. The van der Waals surface area contributed by atoms with Crippen LogP contribution >= 0.6 is 0 Å². The van der Waals surface area contributed by atoms with E-state index in [-0.39, 0.29) is 24.4 Å². The van der Waals surface area contributed by atoms with E-state index < -0.39 is 0 Å². The van der Waals surface area contributed by atoms with Crippen LogP contribution in [0.1, 0.15) is 11.7 Å². The monoisotopic (exact) mass is 226 g/mol. The van der Waals surface area contributed by atoms with Crippen LogP contribution in [0.15, 0.2) is 4.52 Å². The zero-order valence-corrected chi connectivity index (χ0v) is 8.97. The highest BCUT2D eigenvalue weighted by atomic mass is 16.5. The van der Waals surface area contributed by atoms with Crippen molar-refractivity contribution in [2.24, 2.45) is 11.7 Å². The fourth-order valence-corrected chi connectivity index (χ4v) is 1.55. The minimum absolute atomic E-state index is 0.138. The normalized spacial score (nSPS) is 24.6. The van der Waals surface area contributed by atoms with Gasteiger partial charge in [0.05, 0.1) is 25.7 Å². The number of amides is 1. The van der Waals surface area contributed by atoms with Crippen molar-refractivity contribution in [2.75, 3.05) is 13.2 Å². The number of hydrogen-bond acceptors (Lipinski definition) is 6. The fraction of sp³-hybridized carbons (Fsp3) is 0.667. The Morgan fingerprint density at radius 2 is 2.44 bits per heavy atom. The van der Waals surface area contributed by atoms with Gasteiger partial charge in [0.1, 0.15) is 0 Å². The lowest BCUT2D eigenvalue weighted by atomic mass is 10.0. The summed E-state index contributed by atoms with van der Waals surface area (Å²) in [4.78, 5) is 15.6. The molecule has 2 unspecified atom stereocenters. The molecule has 88 valence electrons. The third-order valence-electron chi connectivity index (χ3n) is 2.44. The molecule has 0 aromatic carbocycles. The van der Waals surface area contributed by atoms with E-state index in [4.69, 9.17) is 15.0 Å². The smallest absolute Gasteiger partial charge is 0.246 e. The van der Waals surface area contributed by atoms with Gasteiger partial charge in [-0.1, -0.05) is 5.16 Å². The second-order valence-corrected chi connectivity index (χ2v) is 3.76. The van der Waals surface area contributed by atoms with Gasteiger partial charge in [0, 0.05) is 6.04 Å². The highest BCUT2D eigenvalue weighted by Gasteiger charge is 2.31. The number of rotatable bonds is 3. The number of nitrogens with two attached hydrogens (primary N) is 1. The molecule has 7 nitrogen and oxygen atoms in total. The largest absolute Gasteiger partial charge is 0.379 e. The van der Waals surface area contributed by atoms with Crippen LogP contribution in [0.2, 0.25) is 0 Å². The number of ether oxygens (including phenoxy) is 1. The van der Waals surface area contributed by atoms with Crippen LogP contribution in [0, 0.1) is 12.8 Å². The van der Waals surface area contributed by atoms with Crippen LogP contribution in [-0.2, 0) is 16.1 Å². The van der Waals surface area contributed by atoms with E-state index >= 15 is 0 Å². The van der Waals surface area contributed by atoms with Crippen molar-refractivity contribution in [2.45, 2.75) is 19.5 Å². The number of aromatic nitrogens is 2. The molecule has 1 aromatic rings. The maximum atomic E-state index is 11.7. The minimum atomic E-state index is -0.288. The van der Waals surface area contributed by atoms with E-state index in [0.717, 1.165) is 0 Å². The Kier molecular flexibility index (Phi) is 3.16. The first kappa shape index (κ1) is 11.0. The van der Waals surface area contributed by atoms with Gasteiger partial charge in [0.25, 0.3) is 0 Å². The lowest BCUT2D eigenvalue weighted by molar-refractivity contribution is -0.125. The highest BCUT2D eigenvalue weighted by molar-refractivity contribution is 5.79. The first-order chi connectivity index (χ1) is 7.66. The molecule has 7 heteroatoms. The molecule has 2 heterocycles. The summed E-state index contributed by atoms with van der Waals surface area (Å²) in [6, 6.07) is -0.232. The molecule has 2 atom stereocenters. The maximum absolute atomic E-state index is 11.7. The SMILES string of the molecule is Cc1noc(CNC(=O)C2COCC2N)n1. The molecule has 0 bridgehead atoms. The predicted octanol–water partition coefficient (Wildman–Crippen LogP) is -1.03. The zero-order valence-electron chi connectivity index (χ0n) is 8.97. The van der Waals surface area contributed by atoms with Crippen molar-refractivity contribution >= 4 is 5.91 Å². The average molecular weight is 226 g/mol. The molecule has 0 radical (unpaired) electrons. The molecule has 0 saturated carbocycles. The van der Waals surface area contributed by atoms with Gasteiger partial charge in [-0.15, -0.1) is 0 Å². The maximum Gasteiger partial charge on any atom is 0.246 e. The summed E-state index contributed by atoms with van der Waals surface area (Å²) in [5.41, 5.74) is 5.72. The lowest BCUT2D eigenvalue weighted by Gasteiger charge is -2.11. The van der Waals surface area contributed by atoms with E-state index in [1.54, 1.807) is 6.92 Å².